The molecule has 11 heteroatoms. The van der Waals surface area contributed by atoms with Crippen LogP contribution >= 0.6 is 45.3 Å². The van der Waals surface area contributed by atoms with Crippen LogP contribution in [-0.4, -0.2) is 0 Å². The van der Waals surface area contributed by atoms with Crippen LogP contribution in [0.25, 0.3) is 50.1 Å². The zero-order valence-electron chi connectivity index (χ0n) is 24.4. The molecule has 0 amide bonds. The molecule has 228 valence electrons. The zero-order chi connectivity index (χ0) is 31.6. The molecule has 1 aliphatic heterocycles. The molecule has 2 aliphatic rings. The van der Waals surface area contributed by atoms with Gasteiger partial charge >= 0.3 is 0 Å². The molecule has 1 spiro atoms. The van der Waals surface area contributed by atoms with Crippen LogP contribution in [0, 0.1) is 0 Å². The Morgan fingerprint density at radius 2 is 1.04 bits per heavy atom. The molecule has 0 atom stereocenters. The molecule has 4 aromatic carbocycles. The van der Waals surface area contributed by atoms with Gasteiger partial charge in [0.25, 0.3) is 0 Å². The Bertz CT molecular complexity index is 2870. The third-order valence-electron chi connectivity index (χ3n) is 9.42. The molecule has 7 nitrogen and oxygen atoms in total. The number of ether oxygens (including phenoxy) is 1. The highest BCUT2D eigenvalue weighted by Gasteiger charge is 2.46. The van der Waals surface area contributed by atoms with E-state index < -0.39 is 5.60 Å². The van der Waals surface area contributed by atoms with Gasteiger partial charge in [-0.15, -0.1) is 45.3 Å². The van der Waals surface area contributed by atoms with Crippen molar-refractivity contribution in [1.82, 2.24) is 0 Å². The molecule has 47 heavy (non-hydrogen) atoms. The molecular formula is C36H20N2O5S4. The molecule has 5 heterocycles. The van der Waals surface area contributed by atoms with E-state index in [1.807, 2.05) is 12.1 Å². The Morgan fingerprint density at radius 1 is 0.574 bits per heavy atom. The summed E-state index contributed by atoms with van der Waals surface area (Å²) in [6.45, 7) is 0. The highest BCUT2D eigenvalue weighted by Crippen LogP contribution is 2.63. The Kier molecular flexibility index (Phi) is 5.77. The normalized spacial score (nSPS) is 15.5. The van der Waals surface area contributed by atoms with Gasteiger partial charge in [-0.25, -0.2) is 9.98 Å². The number of fused-ring (bicyclic) bond motifs is 10. The minimum absolute atomic E-state index is 0.0253. The maximum Gasteiger partial charge on any atom is 0.216 e. The van der Waals surface area contributed by atoms with Gasteiger partial charge in [-0.1, -0.05) is 55.0 Å². The Hall–Kier alpha value is -4.42. The number of thiophene rings is 4. The van der Waals surface area contributed by atoms with Crippen molar-refractivity contribution < 1.29 is 4.74 Å². The predicted octanol–water partition coefficient (Wildman–Crippen LogP) is 7.42. The number of benzene rings is 2. The lowest BCUT2D eigenvalue weighted by Crippen LogP contribution is -2.37. The van der Waals surface area contributed by atoms with Crippen molar-refractivity contribution in [3.05, 3.63) is 118 Å². The molecule has 1 fully saturated rings. The Balaban J connectivity index is 1.14. The van der Waals surface area contributed by atoms with Crippen LogP contribution < -0.4 is 37.2 Å². The maximum atomic E-state index is 13.0. The Labute approximate surface area is 280 Å². The first-order valence-electron chi connectivity index (χ1n) is 15.3. The molecular weight excluding hydrogens is 669 g/mol. The Morgan fingerprint density at radius 3 is 1.57 bits per heavy atom. The molecule has 4 aromatic heterocycles. The van der Waals surface area contributed by atoms with Crippen molar-refractivity contribution >= 4 is 95.7 Å². The standard InChI is InChI=1S/C36H20N2O5S4/c39-27-16-8-2-3-9-17(16)28(40)25(27)37-22-14-20-32(46-22)24-34(44-20)35-31(43-36(24)12-6-1-7-13-36)33-21(45-35)15-23(47-33)38-26-29(41)18-10-4-5-11-19(18)30(26)42/h2-5,8-11,14-15H,1,6-7,12-13H2. The highest BCUT2D eigenvalue weighted by molar-refractivity contribution is 7.35. The van der Waals surface area contributed by atoms with E-state index in [1.165, 1.54) is 33.1 Å². The third-order valence-corrected chi connectivity index (χ3v) is 14.2. The summed E-state index contributed by atoms with van der Waals surface area (Å²) in [5.41, 5.74) is -0.609. The van der Waals surface area contributed by atoms with Crippen LogP contribution in [0.4, 0.5) is 10.0 Å². The number of rotatable bonds is 2. The number of hydrogen-bond donors (Lipinski definition) is 0. The van der Waals surface area contributed by atoms with Gasteiger partial charge in [0.15, 0.2) is 16.5 Å². The second-order valence-electron chi connectivity index (χ2n) is 12.1. The SMILES string of the molecule is O=c1c(=Nc2cc3sc4c(c3s2)OC2(CCCCC2)c2c-4sc3cc(N=c4c(=O)c5ccccc5c4=O)sc23)c(=O)c2ccccc12. The van der Waals surface area contributed by atoms with Crippen molar-refractivity contribution in [1.29, 1.82) is 0 Å². The van der Waals surface area contributed by atoms with Gasteiger partial charge in [-0.05, 0) is 37.8 Å². The summed E-state index contributed by atoms with van der Waals surface area (Å²) in [5, 5.41) is 2.82. The molecule has 0 N–H and O–H groups in total. The fourth-order valence-electron chi connectivity index (χ4n) is 7.28. The molecule has 1 saturated carbocycles. The number of hydrogen-bond acceptors (Lipinski definition) is 11. The van der Waals surface area contributed by atoms with Crippen molar-refractivity contribution in [3.8, 4) is 15.5 Å². The summed E-state index contributed by atoms with van der Waals surface area (Å²) < 4.78 is 11.3. The van der Waals surface area contributed by atoms with Crippen LogP contribution in [0.15, 0.2) is 89.8 Å². The minimum atomic E-state index is -0.494. The summed E-state index contributed by atoms with van der Waals surface area (Å²) in [7, 11) is 0. The molecule has 0 radical (unpaired) electrons. The van der Waals surface area contributed by atoms with Gasteiger partial charge in [0.05, 0.1) is 23.9 Å². The predicted molar refractivity (Wildman–Crippen MR) is 192 cm³/mol. The van der Waals surface area contributed by atoms with Crippen LogP contribution in [0.2, 0.25) is 0 Å². The van der Waals surface area contributed by atoms with Gasteiger partial charge in [0.1, 0.15) is 15.6 Å². The quantitative estimate of drug-likeness (QED) is 0.188. The van der Waals surface area contributed by atoms with E-state index in [0.29, 0.717) is 31.5 Å². The van der Waals surface area contributed by atoms with Crippen molar-refractivity contribution in [2.75, 3.05) is 0 Å². The van der Waals surface area contributed by atoms with Gasteiger partial charge in [0.2, 0.25) is 21.7 Å². The average Bonchev–Trinajstić information content (AvgIpc) is 3.91. The van der Waals surface area contributed by atoms with Crippen molar-refractivity contribution in [2.45, 2.75) is 37.7 Å². The summed E-state index contributed by atoms with van der Waals surface area (Å²) in [4.78, 5) is 63.5. The summed E-state index contributed by atoms with van der Waals surface area (Å²) in [6, 6.07) is 17.7. The lowest BCUT2D eigenvalue weighted by Gasteiger charge is -2.40. The van der Waals surface area contributed by atoms with Crippen LogP contribution in [-0.2, 0) is 5.60 Å². The van der Waals surface area contributed by atoms with E-state index in [9.17, 15) is 19.2 Å². The van der Waals surface area contributed by atoms with E-state index in [-0.39, 0.29) is 32.4 Å². The van der Waals surface area contributed by atoms with E-state index >= 15 is 0 Å². The molecule has 10 rings (SSSR count). The number of nitrogens with zero attached hydrogens (tertiary/aromatic N) is 2. The zero-order valence-corrected chi connectivity index (χ0v) is 27.6. The molecule has 0 saturated heterocycles. The van der Waals surface area contributed by atoms with Gasteiger partial charge in [-0.3, -0.25) is 19.2 Å². The summed E-state index contributed by atoms with van der Waals surface area (Å²) >= 11 is 6.33. The topological polar surface area (TPSA) is 102 Å². The van der Waals surface area contributed by atoms with Gasteiger partial charge in [-0.2, -0.15) is 0 Å². The average molecular weight is 689 g/mol. The molecule has 8 aromatic rings. The second-order valence-corrected chi connectivity index (χ2v) is 16.3. The molecule has 1 aliphatic carbocycles. The molecule has 0 unspecified atom stereocenters. The van der Waals surface area contributed by atoms with Crippen LogP contribution in [0.5, 0.6) is 5.75 Å². The van der Waals surface area contributed by atoms with Gasteiger partial charge < -0.3 is 4.74 Å². The fraction of sp³-hybridized carbons (Fsp3) is 0.167. The first kappa shape index (κ1) is 27.7. The molecule has 0 bridgehead atoms. The van der Waals surface area contributed by atoms with Crippen LogP contribution in [0.1, 0.15) is 37.7 Å². The van der Waals surface area contributed by atoms with E-state index in [4.69, 9.17) is 4.74 Å². The third kappa shape index (κ3) is 3.82. The van der Waals surface area contributed by atoms with Gasteiger partial charge in [0, 0.05) is 31.8 Å². The first-order chi connectivity index (χ1) is 22.9. The van der Waals surface area contributed by atoms with E-state index in [2.05, 4.69) is 9.98 Å². The summed E-state index contributed by atoms with van der Waals surface area (Å²) in [6.07, 6.45) is 5.03. The smallest absolute Gasteiger partial charge is 0.216 e. The van der Waals surface area contributed by atoms with Crippen LogP contribution in [0.3, 0.4) is 0 Å². The maximum absolute atomic E-state index is 13.0. The monoisotopic (exact) mass is 688 g/mol. The highest BCUT2D eigenvalue weighted by atomic mass is 32.1. The lowest BCUT2D eigenvalue weighted by atomic mass is 9.78. The largest absolute Gasteiger partial charge is 0.479 e. The second kappa shape index (κ2) is 9.80. The lowest BCUT2D eigenvalue weighted by molar-refractivity contribution is 0.0282. The first-order valence-corrected chi connectivity index (χ1v) is 18.5. The van der Waals surface area contributed by atoms with Crippen molar-refractivity contribution in [2.24, 2.45) is 9.98 Å². The van der Waals surface area contributed by atoms with E-state index in [1.54, 1.807) is 71.2 Å². The fourth-order valence-corrected chi connectivity index (χ4v) is 12.5. The minimum Gasteiger partial charge on any atom is -0.479 e. The summed E-state index contributed by atoms with van der Waals surface area (Å²) in [5.74, 6) is 0.859. The van der Waals surface area contributed by atoms with Crippen molar-refractivity contribution in [3.63, 3.8) is 0 Å². The van der Waals surface area contributed by atoms with E-state index in [0.717, 1.165) is 61.5 Å².